The Morgan fingerprint density at radius 2 is 1.80 bits per heavy atom. The third-order valence-corrected chi connectivity index (χ3v) is 4.10. The maximum atomic E-state index is 4.84. The van der Waals surface area contributed by atoms with Gasteiger partial charge in [0.15, 0.2) is 0 Å². The minimum absolute atomic E-state index is 0.0394. The zero-order valence-electron chi connectivity index (χ0n) is 12.4. The fraction of sp³-hybridized carbons (Fsp3) is 0.412. The van der Waals surface area contributed by atoms with Gasteiger partial charge < -0.3 is 5.32 Å². The predicted octanol–water partition coefficient (Wildman–Crippen LogP) is 3.72. The third-order valence-electron chi connectivity index (χ3n) is 4.10. The summed E-state index contributed by atoms with van der Waals surface area (Å²) in [4.78, 5) is 9.56. The fourth-order valence-electron chi connectivity index (χ4n) is 2.63. The van der Waals surface area contributed by atoms with Crippen LogP contribution in [-0.4, -0.2) is 17.0 Å². The lowest BCUT2D eigenvalue weighted by molar-refractivity contribution is 0.718. The molecule has 1 aliphatic rings. The summed E-state index contributed by atoms with van der Waals surface area (Å²) in [5.41, 5.74) is 2.49. The van der Waals surface area contributed by atoms with Gasteiger partial charge in [0.2, 0.25) is 0 Å². The van der Waals surface area contributed by atoms with Crippen molar-refractivity contribution < 1.29 is 0 Å². The van der Waals surface area contributed by atoms with Gasteiger partial charge in [-0.25, -0.2) is 9.97 Å². The lowest BCUT2D eigenvalue weighted by Crippen LogP contribution is -2.16. The van der Waals surface area contributed by atoms with Gasteiger partial charge in [-0.1, -0.05) is 44.2 Å². The molecule has 0 bridgehead atoms. The minimum atomic E-state index is 0.0394. The van der Waals surface area contributed by atoms with Gasteiger partial charge in [0.25, 0.3) is 0 Å². The molecule has 1 aromatic heterocycles. The summed E-state index contributed by atoms with van der Waals surface area (Å²) in [7, 11) is 1.91. The number of benzene rings is 1. The normalized spacial score (nSPS) is 16.2. The Balaban J connectivity index is 2.08. The van der Waals surface area contributed by atoms with Gasteiger partial charge in [-0.05, 0) is 24.3 Å². The highest BCUT2D eigenvalue weighted by atomic mass is 15.0. The van der Waals surface area contributed by atoms with E-state index in [1.165, 1.54) is 5.56 Å². The molecule has 0 spiro atoms. The first-order chi connectivity index (χ1) is 9.65. The van der Waals surface area contributed by atoms with Crippen LogP contribution in [0.1, 0.15) is 49.7 Å². The highest BCUT2D eigenvalue weighted by molar-refractivity contribution is 5.44. The van der Waals surface area contributed by atoms with Crippen molar-refractivity contribution in [1.82, 2.24) is 9.97 Å². The Morgan fingerprint density at radius 1 is 1.10 bits per heavy atom. The standard InChI is InChI=1S/C17H21N3/c1-12(2)14-11-15(18-3)20-16(19-14)17(9-10-17)13-7-5-4-6-8-13/h4-8,11-12H,9-10H2,1-3H3,(H,18,19,20). The van der Waals surface area contributed by atoms with Crippen molar-refractivity contribution in [3.8, 4) is 0 Å². The van der Waals surface area contributed by atoms with Gasteiger partial charge in [0.1, 0.15) is 11.6 Å². The molecule has 0 radical (unpaired) electrons. The molecule has 0 saturated heterocycles. The van der Waals surface area contributed by atoms with E-state index in [0.717, 1.165) is 30.2 Å². The van der Waals surface area contributed by atoms with Crippen LogP contribution in [0, 0.1) is 0 Å². The molecule has 1 aliphatic carbocycles. The van der Waals surface area contributed by atoms with Crippen molar-refractivity contribution in [2.45, 2.75) is 38.0 Å². The Bertz CT molecular complexity index is 601. The van der Waals surface area contributed by atoms with Crippen LogP contribution < -0.4 is 5.32 Å². The van der Waals surface area contributed by atoms with Crippen LogP contribution in [0.2, 0.25) is 0 Å². The van der Waals surface area contributed by atoms with E-state index in [1.54, 1.807) is 0 Å². The predicted molar refractivity (Wildman–Crippen MR) is 82.1 cm³/mol. The van der Waals surface area contributed by atoms with E-state index in [2.05, 4.69) is 55.6 Å². The second-order valence-corrected chi connectivity index (χ2v) is 5.85. The lowest BCUT2D eigenvalue weighted by atomic mass is 9.94. The topological polar surface area (TPSA) is 37.8 Å². The number of nitrogens with one attached hydrogen (secondary N) is 1. The molecule has 0 aliphatic heterocycles. The first kappa shape index (κ1) is 13.1. The molecule has 20 heavy (non-hydrogen) atoms. The van der Waals surface area contributed by atoms with Crippen LogP contribution in [0.4, 0.5) is 5.82 Å². The van der Waals surface area contributed by atoms with Gasteiger partial charge in [0, 0.05) is 18.8 Å². The van der Waals surface area contributed by atoms with Crippen LogP contribution in [0.5, 0.6) is 0 Å². The molecule has 0 unspecified atom stereocenters. The maximum Gasteiger partial charge on any atom is 0.141 e. The highest BCUT2D eigenvalue weighted by Crippen LogP contribution is 2.52. The van der Waals surface area contributed by atoms with Crippen molar-refractivity contribution in [2.24, 2.45) is 0 Å². The van der Waals surface area contributed by atoms with E-state index in [1.807, 2.05) is 7.05 Å². The van der Waals surface area contributed by atoms with E-state index >= 15 is 0 Å². The van der Waals surface area contributed by atoms with E-state index in [9.17, 15) is 0 Å². The highest BCUT2D eigenvalue weighted by Gasteiger charge is 2.48. The molecule has 3 heteroatoms. The summed E-state index contributed by atoms with van der Waals surface area (Å²) in [5, 5.41) is 3.16. The molecule has 1 fully saturated rings. The van der Waals surface area contributed by atoms with Crippen LogP contribution in [0.3, 0.4) is 0 Å². The number of anilines is 1. The second kappa shape index (κ2) is 4.89. The van der Waals surface area contributed by atoms with Crippen LogP contribution in [0.25, 0.3) is 0 Å². The maximum absolute atomic E-state index is 4.84. The van der Waals surface area contributed by atoms with E-state index in [-0.39, 0.29) is 5.41 Å². The summed E-state index contributed by atoms with van der Waals surface area (Å²) in [6.45, 7) is 4.35. The first-order valence-electron chi connectivity index (χ1n) is 7.28. The molecule has 3 rings (SSSR count). The molecule has 1 N–H and O–H groups in total. The molecule has 0 amide bonds. The van der Waals surface area contributed by atoms with Gasteiger partial charge >= 0.3 is 0 Å². The Labute approximate surface area is 120 Å². The molecule has 1 saturated carbocycles. The number of hydrogen-bond donors (Lipinski definition) is 1. The largest absolute Gasteiger partial charge is 0.373 e. The summed E-state index contributed by atoms with van der Waals surface area (Å²) in [5.74, 6) is 2.30. The summed E-state index contributed by atoms with van der Waals surface area (Å²) in [6.07, 6.45) is 2.28. The smallest absolute Gasteiger partial charge is 0.141 e. The van der Waals surface area contributed by atoms with Crippen molar-refractivity contribution >= 4 is 5.82 Å². The van der Waals surface area contributed by atoms with Crippen LogP contribution >= 0.6 is 0 Å². The first-order valence-corrected chi connectivity index (χ1v) is 7.28. The van der Waals surface area contributed by atoms with Crippen molar-refractivity contribution in [3.63, 3.8) is 0 Å². The Hall–Kier alpha value is -1.90. The molecule has 1 heterocycles. The second-order valence-electron chi connectivity index (χ2n) is 5.85. The molecular formula is C17H21N3. The quantitative estimate of drug-likeness (QED) is 0.917. The summed E-state index contributed by atoms with van der Waals surface area (Å²) < 4.78 is 0. The third kappa shape index (κ3) is 2.17. The number of aromatic nitrogens is 2. The average molecular weight is 267 g/mol. The molecule has 2 aromatic rings. The van der Waals surface area contributed by atoms with Gasteiger partial charge in [0.05, 0.1) is 5.41 Å². The summed E-state index contributed by atoms with van der Waals surface area (Å²) in [6, 6.07) is 12.7. The van der Waals surface area contributed by atoms with E-state index < -0.39 is 0 Å². The molecular weight excluding hydrogens is 246 g/mol. The fourth-order valence-corrected chi connectivity index (χ4v) is 2.63. The van der Waals surface area contributed by atoms with E-state index in [4.69, 9.17) is 9.97 Å². The molecule has 1 aromatic carbocycles. The van der Waals surface area contributed by atoms with Crippen LogP contribution in [-0.2, 0) is 5.41 Å². The van der Waals surface area contributed by atoms with Gasteiger partial charge in [-0.2, -0.15) is 0 Å². The zero-order chi connectivity index (χ0) is 14.2. The van der Waals surface area contributed by atoms with Crippen molar-refractivity contribution in [2.75, 3.05) is 12.4 Å². The average Bonchev–Trinajstić information content (AvgIpc) is 3.29. The number of nitrogens with zero attached hydrogens (tertiary/aromatic N) is 2. The Kier molecular flexibility index (Phi) is 3.20. The van der Waals surface area contributed by atoms with Crippen LogP contribution in [0.15, 0.2) is 36.4 Å². The van der Waals surface area contributed by atoms with Gasteiger partial charge in [-0.15, -0.1) is 0 Å². The monoisotopic (exact) mass is 267 g/mol. The molecule has 0 atom stereocenters. The van der Waals surface area contributed by atoms with Crippen molar-refractivity contribution in [3.05, 3.63) is 53.5 Å². The minimum Gasteiger partial charge on any atom is -0.373 e. The Morgan fingerprint density at radius 3 is 2.35 bits per heavy atom. The van der Waals surface area contributed by atoms with E-state index in [0.29, 0.717) is 5.92 Å². The number of rotatable bonds is 4. The number of hydrogen-bond acceptors (Lipinski definition) is 3. The molecule has 3 nitrogen and oxygen atoms in total. The summed E-state index contributed by atoms with van der Waals surface area (Å²) >= 11 is 0. The molecule has 104 valence electrons. The lowest BCUT2D eigenvalue weighted by Gasteiger charge is -2.17. The zero-order valence-corrected chi connectivity index (χ0v) is 12.4. The van der Waals surface area contributed by atoms with Gasteiger partial charge in [-0.3, -0.25) is 0 Å². The van der Waals surface area contributed by atoms with Crippen molar-refractivity contribution in [1.29, 1.82) is 0 Å². The SMILES string of the molecule is CNc1cc(C(C)C)nc(C2(c3ccccc3)CC2)n1.